The van der Waals surface area contributed by atoms with E-state index in [0.29, 0.717) is 0 Å². The van der Waals surface area contributed by atoms with Crippen LogP contribution in [0.15, 0.2) is 48.5 Å². The Morgan fingerprint density at radius 1 is 0.737 bits per heavy atom. The van der Waals surface area contributed by atoms with E-state index in [0.717, 1.165) is 40.9 Å². The van der Waals surface area contributed by atoms with Crippen molar-refractivity contribution < 1.29 is 0 Å². The smallest absolute Gasteiger partial charge is 0.0426 e. The van der Waals surface area contributed by atoms with Crippen LogP contribution in [0.2, 0.25) is 10.0 Å². The van der Waals surface area contributed by atoms with E-state index in [-0.39, 0.29) is 0 Å². The molecule has 100 valence electrons. The van der Waals surface area contributed by atoms with Gasteiger partial charge in [0.05, 0.1) is 0 Å². The highest BCUT2D eigenvalue weighted by Crippen LogP contribution is 2.16. The van der Waals surface area contributed by atoms with Gasteiger partial charge in [-0.1, -0.05) is 35.3 Å². The molecule has 2 aromatic rings. The number of halogens is 2. The first-order valence-corrected chi connectivity index (χ1v) is 6.98. The van der Waals surface area contributed by atoms with E-state index in [9.17, 15) is 0 Å². The first-order chi connectivity index (χ1) is 9.24. The molecule has 0 fully saturated rings. The van der Waals surface area contributed by atoms with Crippen LogP contribution in [-0.2, 0) is 0 Å². The van der Waals surface area contributed by atoms with E-state index in [2.05, 4.69) is 10.6 Å². The average molecular weight is 295 g/mol. The van der Waals surface area contributed by atoms with Crippen LogP contribution >= 0.6 is 23.2 Å². The molecule has 0 aliphatic carbocycles. The Bertz CT molecular complexity index is 482. The summed E-state index contributed by atoms with van der Waals surface area (Å²) in [7, 11) is 0. The molecule has 0 saturated carbocycles. The first-order valence-electron chi connectivity index (χ1n) is 6.23. The van der Waals surface area contributed by atoms with Crippen LogP contribution in [0.4, 0.5) is 11.4 Å². The predicted octanol–water partition coefficient (Wildman–Crippen LogP) is 4.91. The number of rotatable bonds is 6. The van der Waals surface area contributed by atoms with Crippen molar-refractivity contribution in [2.75, 3.05) is 23.7 Å². The first kappa shape index (κ1) is 14.0. The zero-order valence-electron chi connectivity index (χ0n) is 10.5. The van der Waals surface area contributed by atoms with Crippen LogP contribution in [0.3, 0.4) is 0 Å². The van der Waals surface area contributed by atoms with Gasteiger partial charge in [-0.2, -0.15) is 0 Å². The van der Waals surface area contributed by atoms with Crippen molar-refractivity contribution in [1.82, 2.24) is 0 Å². The van der Waals surface area contributed by atoms with Gasteiger partial charge in [0.2, 0.25) is 0 Å². The number of nitrogens with one attached hydrogen (secondary N) is 2. The van der Waals surface area contributed by atoms with Gasteiger partial charge in [-0.05, 0) is 42.8 Å². The van der Waals surface area contributed by atoms with Crippen LogP contribution in [0, 0.1) is 0 Å². The van der Waals surface area contributed by atoms with Crippen LogP contribution in [-0.4, -0.2) is 13.1 Å². The molecule has 19 heavy (non-hydrogen) atoms. The summed E-state index contributed by atoms with van der Waals surface area (Å²) in [6, 6.07) is 15.5. The summed E-state index contributed by atoms with van der Waals surface area (Å²) in [6.45, 7) is 1.79. The van der Waals surface area contributed by atoms with Crippen LogP contribution in [0.5, 0.6) is 0 Å². The van der Waals surface area contributed by atoms with Crippen molar-refractivity contribution in [2.24, 2.45) is 0 Å². The number of hydrogen-bond donors (Lipinski definition) is 2. The maximum atomic E-state index is 5.91. The molecular weight excluding hydrogens is 279 g/mol. The van der Waals surface area contributed by atoms with Gasteiger partial charge in [-0.25, -0.2) is 0 Å². The van der Waals surface area contributed by atoms with Crippen LogP contribution in [0.1, 0.15) is 6.42 Å². The van der Waals surface area contributed by atoms with Gasteiger partial charge in [-0.3, -0.25) is 0 Å². The Hall–Kier alpha value is -1.38. The third kappa shape index (κ3) is 5.01. The third-order valence-corrected chi connectivity index (χ3v) is 3.13. The molecule has 0 radical (unpaired) electrons. The highest BCUT2D eigenvalue weighted by Gasteiger charge is 1.95. The van der Waals surface area contributed by atoms with Crippen molar-refractivity contribution in [1.29, 1.82) is 0 Å². The fourth-order valence-electron chi connectivity index (χ4n) is 1.75. The van der Waals surface area contributed by atoms with Gasteiger partial charge < -0.3 is 10.6 Å². The zero-order valence-corrected chi connectivity index (χ0v) is 12.0. The van der Waals surface area contributed by atoms with E-state index < -0.39 is 0 Å². The zero-order chi connectivity index (χ0) is 13.5. The lowest BCUT2D eigenvalue weighted by Crippen LogP contribution is -2.09. The van der Waals surface area contributed by atoms with E-state index in [1.54, 1.807) is 0 Å². The fraction of sp³-hybridized carbons (Fsp3) is 0.200. The number of benzene rings is 2. The van der Waals surface area contributed by atoms with E-state index in [1.807, 2.05) is 48.5 Å². The minimum atomic E-state index is 0.752. The number of hydrogen-bond acceptors (Lipinski definition) is 2. The van der Waals surface area contributed by atoms with Crippen molar-refractivity contribution >= 4 is 34.6 Å². The van der Waals surface area contributed by atoms with Crippen molar-refractivity contribution in [3.8, 4) is 0 Å². The molecule has 0 heterocycles. The van der Waals surface area contributed by atoms with Crippen molar-refractivity contribution in [2.45, 2.75) is 6.42 Å². The second-order valence-corrected chi connectivity index (χ2v) is 5.10. The lowest BCUT2D eigenvalue weighted by molar-refractivity contribution is 0.909. The summed E-state index contributed by atoms with van der Waals surface area (Å²) in [4.78, 5) is 0. The quantitative estimate of drug-likeness (QED) is 0.740. The highest BCUT2D eigenvalue weighted by atomic mass is 35.5. The summed E-state index contributed by atoms with van der Waals surface area (Å²) in [5.41, 5.74) is 2.10. The second kappa shape index (κ2) is 7.27. The largest absolute Gasteiger partial charge is 0.385 e. The third-order valence-electron chi connectivity index (χ3n) is 2.66. The van der Waals surface area contributed by atoms with Crippen molar-refractivity contribution in [3.05, 3.63) is 58.6 Å². The monoisotopic (exact) mass is 294 g/mol. The molecule has 2 rings (SSSR count). The molecule has 0 aromatic heterocycles. The van der Waals surface area contributed by atoms with Crippen molar-refractivity contribution in [3.63, 3.8) is 0 Å². The second-order valence-electron chi connectivity index (χ2n) is 4.23. The van der Waals surface area contributed by atoms with Gasteiger partial charge in [-0.15, -0.1) is 0 Å². The highest BCUT2D eigenvalue weighted by molar-refractivity contribution is 6.31. The lowest BCUT2D eigenvalue weighted by atomic mass is 10.3. The molecule has 0 saturated heterocycles. The fourth-order valence-corrected chi connectivity index (χ4v) is 2.13. The summed E-state index contributed by atoms with van der Waals surface area (Å²) in [5, 5.41) is 8.17. The van der Waals surface area contributed by atoms with Gasteiger partial charge >= 0.3 is 0 Å². The standard InChI is InChI=1S/C15H16Cl2N2/c16-12-4-1-6-14(10-12)18-8-3-9-19-15-7-2-5-13(17)11-15/h1-2,4-7,10-11,18-19H,3,8-9H2. The molecule has 2 aromatic carbocycles. The molecule has 0 unspecified atom stereocenters. The van der Waals surface area contributed by atoms with Gasteiger partial charge in [0.1, 0.15) is 0 Å². The molecular formula is C15H16Cl2N2. The Morgan fingerprint density at radius 2 is 1.21 bits per heavy atom. The summed E-state index contributed by atoms with van der Waals surface area (Å²) in [6.07, 6.45) is 1.01. The maximum Gasteiger partial charge on any atom is 0.0426 e. The Labute approximate surface area is 123 Å². The lowest BCUT2D eigenvalue weighted by Gasteiger charge is -2.08. The topological polar surface area (TPSA) is 24.1 Å². The summed E-state index contributed by atoms with van der Waals surface area (Å²) in [5.74, 6) is 0. The van der Waals surface area contributed by atoms with E-state index in [1.165, 1.54) is 0 Å². The molecule has 4 heteroatoms. The van der Waals surface area contributed by atoms with Gasteiger partial charge in [0, 0.05) is 34.5 Å². The Kier molecular flexibility index (Phi) is 5.37. The molecule has 2 N–H and O–H groups in total. The molecule has 0 spiro atoms. The van der Waals surface area contributed by atoms with Crippen LogP contribution < -0.4 is 10.6 Å². The Morgan fingerprint density at radius 3 is 1.63 bits per heavy atom. The molecule has 2 nitrogen and oxygen atoms in total. The predicted molar refractivity (Wildman–Crippen MR) is 84.5 cm³/mol. The normalized spacial score (nSPS) is 10.2. The molecule has 0 amide bonds. The van der Waals surface area contributed by atoms with Gasteiger partial charge in [0.15, 0.2) is 0 Å². The summed E-state index contributed by atoms with van der Waals surface area (Å²) >= 11 is 11.8. The van der Waals surface area contributed by atoms with E-state index >= 15 is 0 Å². The molecule has 0 aliphatic rings. The van der Waals surface area contributed by atoms with E-state index in [4.69, 9.17) is 23.2 Å². The minimum Gasteiger partial charge on any atom is -0.385 e. The Balaban J connectivity index is 1.67. The molecule has 0 atom stereocenters. The minimum absolute atomic E-state index is 0.752. The number of anilines is 2. The summed E-state index contributed by atoms with van der Waals surface area (Å²) < 4.78 is 0. The molecule has 0 bridgehead atoms. The average Bonchev–Trinajstić information content (AvgIpc) is 2.38. The van der Waals surface area contributed by atoms with Crippen LogP contribution in [0.25, 0.3) is 0 Å². The molecule has 0 aliphatic heterocycles. The van der Waals surface area contributed by atoms with Gasteiger partial charge in [0.25, 0.3) is 0 Å². The maximum absolute atomic E-state index is 5.91. The SMILES string of the molecule is Clc1cccc(NCCCNc2cccc(Cl)c2)c1.